The largest absolute Gasteiger partial charge is 0.349 e. The van der Waals surface area contributed by atoms with Gasteiger partial charge in [0.05, 0.1) is 28.6 Å². The number of rotatable bonds is 3. The molecule has 1 aliphatic carbocycles. The van der Waals surface area contributed by atoms with Crippen LogP contribution in [0.4, 0.5) is 11.4 Å². The van der Waals surface area contributed by atoms with Crippen LogP contribution in [0.5, 0.6) is 0 Å². The van der Waals surface area contributed by atoms with Crippen LogP contribution in [0, 0.1) is 0 Å². The van der Waals surface area contributed by atoms with Gasteiger partial charge in [-0.2, -0.15) is 0 Å². The fraction of sp³-hybridized carbons (Fsp3) is 0.381. The van der Waals surface area contributed by atoms with E-state index in [0.717, 1.165) is 51.9 Å². The van der Waals surface area contributed by atoms with Crippen molar-refractivity contribution in [3.8, 4) is 0 Å². The smallest absolute Gasteiger partial charge is 0.263 e. The number of para-hydroxylation sites is 1. The fourth-order valence-electron chi connectivity index (χ4n) is 4.22. The van der Waals surface area contributed by atoms with Crippen LogP contribution in [0.2, 0.25) is 0 Å². The predicted molar refractivity (Wildman–Crippen MR) is 113 cm³/mol. The standard InChI is InChI=1S/C21H22N4OS/c1-2-25-12-22-17-16-18(25)14-10-6-7-11-15(14)24-21(16)27-19(17)20(26)23-13-8-4-3-5-9-13/h6-7,10-13H,2-5,8-9H2,1H3,(H,23,26). The van der Waals surface area contributed by atoms with Crippen LogP contribution in [-0.4, -0.2) is 29.8 Å². The van der Waals surface area contributed by atoms with Crippen LogP contribution in [0.15, 0.2) is 29.3 Å². The summed E-state index contributed by atoms with van der Waals surface area (Å²) in [6.45, 7) is 2.94. The lowest BCUT2D eigenvalue weighted by Gasteiger charge is -2.24. The number of thiophene rings is 1. The van der Waals surface area contributed by atoms with E-state index in [-0.39, 0.29) is 11.9 Å². The second-order valence-corrected chi connectivity index (χ2v) is 8.28. The van der Waals surface area contributed by atoms with Crippen LogP contribution in [-0.2, 0) is 0 Å². The number of pyridine rings is 1. The Morgan fingerprint density at radius 2 is 2.07 bits per heavy atom. The minimum absolute atomic E-state index is 0.00277. The SMILES string of the molecule is CCN1C=Nc2c(C(=O)NC3CCCCC3)sc3nc4ccccc4c1c23. The summed E-state index contributed by atoms with van der Waals surface area (Å²) < 4.78 is 0. The molecule has 138 valence electrons. The highest BCUT2D eigenvalue weighted by Crippen LogP contribution is 2.47. The number of nitrogens with zero attached hydrogens (tertiary/aromatic N) is 3. The lowest BCUT2D eigenvalue weighted by molar-refractivity contribution is 0.0932. The summed E-state index contributed by atoms with van der Waals surface area (Å²) in [7, 11) is 0. The fourth-order valence-corrected chi connectivity index (χ4v) is 5.25. The van der Waals surface area contributed by atoms with E-state index in [9.17, 15) is 4.79 Å². The Bertz CT molecular complexity index is 1060. The second kappa shape index (κ2) is 6.60. The molecule has 0 bridgehead atoms. The van der Waals surface area contributed by atoms with Crippen molar-refractivity contribution in [1.82, 2.24) is 10.3 Å². The molecule has 1 aliphatic heterocycles. The van der Waals surface area contributed by atoms with E-state index >= 15 is 0 Å². The van der Waals surface area contributed by atoms with Gasteiger partial charge in [-0.3, -0.25) is 4.79 Å². The van der Waals surface area contributed by atoms with E-state index in [1.54, 1.807) is 0 Å². The summed E-state index contributed by atoms with van der Waals surface area (Å²) in [5, 5.41) is 5.36. The van der Waals surface area contributed by atoms with Gasteiger partial charge in [-0.25, -0.2) is 9.98 Å². The first-order valence-electron chi connectivity index (χ1n) is 9.73. The van der Waals surface area contributed by atoms with Gasteiger partial charge in [-0.15, -0.1) is 11.3 Å². The minimum atomic E-state index is -0.00277. The van der Waals surface area contributed by atoms with Gasteiger partial charge >= 0.3 is 0 Å². The van der Waals surface area contributed by atoms with Gasteiger partial charge < -0.3 is 10.2 Å². The van der Waals surface area contributed by atoms with E-state index in [0.29, 0.717) is 4.88 Å². The van der Waals surface area contributed by atoms with E-state index in [4.69, 9.17) is 4.98 Å². The zero-order valence-corrected chi connectivity index (χ0v) is 16.2. The number of aromatic nitrogens is 1. The topological polar surface area (TPSA) is 57.6 Å². The van der Waals surface area contributed by atoms with Crippen molar-refractivity contribution in [2.24, 2.45) is 4.99 Å². The van der Waals surface area contributed by atoms with Crippen molar-refractivity contribution in [1.29, 1.82) is 0 Å². The zero-order valence-electron chi connectivity index (χ0n) is 15.4. The monoisotopic (exact) mass is 378 g/mol. The molecule has 0 atom stereocenters. The van der Waals surface area contributed by atoms with Gasteiger partial charge in [0.1, 0.15) is 9.71 Å². The first-order valence-corrected chi connectivity index (χ1v) is 10.5. The highest BCUT2D eigenvalue weighted by molar-refractivity contribution is 7.21. The molecule has 6 heteroatoms. The Hall–Kier alpha value is -2.47. The summed E-state index contributed by atoms with van der Waals surface area (Å²) in [5.74, 6) is -0.00277. The number of amides is 1. The van der Waals surface area contributed by atoms with Crippen molar-refractivity contribution in [3.05, 3.63) is 29.1 Å². The summed E-state index contributed by atoms with van der Waals surface area (Å²) >= 11 is 1.46. The van der Waals surface area contributed by atoms with Gasteiger partial charge in [-0.05, 0) is 25.8 Å². The zero-order chi connectivity index (χ0) is 18.4. The van der Waals surface area contributed by atoms with Crippen molar-refractivity contribution >= 4 is 56.1 Å². The Morgan fingerprint density at radius 3 is 2.89 bits per heavy atom. The quantitative estimate of drug-likeness (QED) is 0.697. The molecule has 3 heterocycles. The highest BCUT2D eigenvalue weighted by Gasteiger charge is 2.28. The Labute approximate surface area is 162 Å². The number of hydrogen-bond donors (Lipinski definition) is 1. The maximum atomic E-state index is 13.0. The Morgan fingerprint density at radius 1 is 1.26 bits per heavy atom. The third-order valence-corrected chi connectivity index (χ3v) is 6.65. The number of anilines is 1. The van der Waals surface area contributed by atoms with E-state index in [1.807, 2.05) is 24.5 Å². The molecular formula is C21H22N4OS. The molecule has 1 amide bonds. The average molecular weight is 379 g/mol. The summed E-state index contributed by atoms with van der Waals surface area (Å²) in [6, 6.07) is 8.46. The maximum Gasteiger partial charge on any atom is 0.263 e. The summed E-state index contributed by atoms with van der Waals surface area (Å²) in [4.78, 5) is 26.2. The molecule has 1 N–H and O–H groups in total. The number of benzene rings is 1. The molecule has 0 unspecified atom stereocenters. The maximum absolute atomic E-state index is 13.0. The van der Waals surface area contributed by atoms with Gasteiger partial charge in [0, 0.05) is 18.0 Å². The molecular weight excluding hydrogens is 356 g/mol. The van der Waals surface area contributed by atoms with Gasteiger partial charge in [-0.1, -0.05) is 37.5 Å². The molecule has 2 aliphatic rings. The Balaban J connectivity index is 1.65. The van der Waals surface area contributed by atoms with Crippen LogP contribution in [0.1, 0.15) is 48.7 Å². The van der Waals surface area contributed by atoms with Crippen molar-refractivity contribution in [2.75, 3.05) is 11.4 Å². The molecule has 0 saturated heterocycles. The number of fused-ring (bicyclic) bond motifs is 2. The first-order chi connectivity index (χ1) is 13.3. The summed E-state index contributed by atoms with van der Waals surface area (Å²) in [6.07, 6.45) is 7.68. The number of nitrogens with one attached hydrogen (secondary N) is 1. The van der Waals surface area contributed by atoms with Crippen LogP contribution >= 0.6 is 11.3 Å². The number of carbonyl (C=O) groups excluding carboxylic acids is 1. The van der Waals surface area contributed by atoms with Crippen molar-refractivity contribution in [2.45, 2.75) is 45.1 Å². The van der Waals surface area contributed by atoms with Crippen molar-refractivity contribution in [3.63, 3.8) is 0 Å². The molecule has 5 rings (SSSR count). The number of carbonyl (C=O) groups is 1. The average Bonchev–Trinajstić information content (AvgIpc) is 3.08. The van der Waals surface area contributed by atoms with E-state index in [2.05, 4.69) is 28.2 Å². The molecule has 3 aromatic rings. The third kappa shape index (κ3) is 2.70. The lowest BCUT2D eigenvalue weighted by Crippen LogP contribution is -2.35. The first kappa shape index (κ1) is 16.7. The molecule has 27 heavy (non-hydrogen) atoms. The third-order valence-electron chi connectivity index (χ3n) is 5.58. The van der Waals surface area contributed by atoms with Gasteiger partial charge in [0.2, 0.25) is 0 Å². The molecule has 2 aromatic heterocycles. The van der Waals surface area contributed by atoms with E-state index < -0.39 is 0 Å². The van der Waals surface area contributed by atoms with Crippen LogP contribution in [0.3, 0.4) is 0 Å². The van der Waals surface area contributed by atoms with E-state index in [1.165, 1.54) is 30.6 Å². The van der Waals surface area contributed by atoms with Gasteiger partial charge in [0.15, 0.2) is 0 Å². The van der Waals surface area contributed by atoms with Crippen LogP contribution in [0.25, 0.3) is 21.1 Å². The number of aliphatic imine (C=N–C) groups is 1. The van der Waals surface area contributed by atoms with Crippen molar-refractivity contribution < 1.29 is 4.79 Å². The molecule has 0 radical (unpaired) electrons. The highest BCUT2D eigenvalue weighted by atomic mass is 32.1. The predicted octanol–water partition coefficient (Wildman–Crippen LogP) is 5.01. The normalized spacial score (nSPS) is 17.0. The summed E-state index contributed by atoms with van der Waals surface area (Å²) in [5.41, 5.74) is 2.86. The van der Waals surface area contributed by atoms with Gasteiger partial charge in [0.25, 0.3) is 5.91 Å². The molecule has 1 aromatic carbocycles. The second-order valence-electron chi connectivity index (χ2n) is 7.28. The number of hydrogen-bond acceptors (Lipinski definition) is 5. The Kier molecular flexibility index (Phi) is 4.08. The molecule has 1 fully saturated rings. The lowest BCUT2D eigenvalue weighted by atomic mass is 9.95. The minimum Gasteiger partial charge on any atom is -0.349 e. The van der Waals surface area contributed by atoms with Crippen LogP contribution < -0.4 is 10.2 Å². The molecule has 0 spiro atoms. The molecule has 1 saturated carbocycles. The molecule has 5 nitrogen and oxygen atoms in total.